The molecule has 1 N–H and O–H groups in total. The van der Waals surface area contributed by atoms with E-state index < -0.39 is 0 Å². The Hall–Kier alpha value is -3.14. The van der Waals surface area contributed by atoms with E-state index in [-0.39, 0.29) is 12.1 Å². The van der Waals surface area contributed by atoms with Crippen LogP contribution in [-0.2, 0) is 6.54 Å². The molecule has 0 saturated heterocycles. The summed E-state index contributed by atoms with van der Waals surface area (Å²) in [4.78, 5) is 19.2. The number of pyridine rings is 1. The van der Waals surface area contributed by atoms with Gasteiger partial charge in [-0.15, -0.1) is 0 Å². The molecule has 0 aliphatic carbocycles. The topological polar surface area (TPSA) is 45.2 Å². The van der Waals surface area contributed by atoms with Gasteiger partial charge in [-0.2, -0.15) is 0 Å². The largest absolute Gasteiger partial charge is 0.360 e. The third-order valence-electron chi connectivity index (χ3n) is 4.42. The highest BCUT2D eigenvalue weighted by Gasteiger charge is 2.37. The number of aromatic nitrogens is 1. The fourth-order valence-electron chi connectivity index (χ4n) is 3.22. The van der Waals surface area contributed by atoms with Crippen molar-refractivity contribution >= 4 is 11.6 Å². The fourth-order valence-corrected chi connectivity index (χ4v) is 3.22. The maximum atomic E-state index is 12.9. The highest BCUT2D eigenvalue weighted by molar-refractivity contribution is 5.98. The molecule has 124 valence electrons. The third kappa shape index (κ3) is 2.98. The minimum absolute atomic E-state index is 0.0112. The zero-order chi connectivity index (χ0) is 17.2. The van der Waals surface area contributed by atoms with Gasteiger partial charge in [0.05, 0.1) is 11.3 Å². The van der Waals surface area contributed by atoms with Gasteiger partial charge in [-0.05, 0) is 42.3 Å². The van der Waals surface area contributed by atoms with Gasteiger partial charge < -0.3 is 10.2 Å². The minimum Gasteiger partial charge on any atom is -0.360 e. The number of carbonyl (C=O) groups excluding carboxylic acids is 1. The van der Waals surface area contributed by atoms with Crippen LogP contribution < -0.4 is 5.32 Å². The first-order valence-electron chi connectivity index (χ1n) is 8.35. The van der Waals surface area contributed by atoms with Gasteiger partial charge in [-0.3, -0.25) is 9.78 Å². The molecule has 1 aliphatic rings. The van der Waals surface area contributed by atoms with Gasteiger partial charge in [0, 0.05) is 18.4 Å². The van der Waals surface area contributed by atoms with Crippen molar-refractivity contribution in [1.82, 2.24) is 9.88 Å². The van der Waals surface area contributed by atoms with Gasteiger partial charge in [0.2, 0.25) is 0 Å². The number of benzene rings is 2. The molecule has 25 heavy (non-hydrogen) atoms. The van der Waals surface area contributed by atoms with Crippen LogP contribution in [0.3, 0.4) is 0 Å². The number of carbonyl (C=O) groups is 1. The summed E-state index contributed by atoms with van der Waals surface area (Å²) < 4.78 is 0. The molecule has 3 aromatic rings. The molecule has 4 heteroatoms. The summed E-state index contributed by atoms with van der Waals surface area (Å²) >= 11 is 0. The fraction of sp³-hybridized carbons (Fsp3) is 0.143. The van der Waals surface area contributed by atoms with Crippen molar-refractivity contribution < 1.29 is 4.79 Å². The smallest absolute Gasteiger partial charge is 0.258 e. The molecule has 1 aromatic heterocycles. The minimum atomic E-state index is -0.272. The van der Waals surface area contributed by atoms with Crippen LogP contribution in [0, 0.1) is 6.92 Å². The molecule has 0 bridgehead atoms. The van der Waals surface area contributed by atoms with Crippen molar-refractivity contribution in [2.75, 3.05) is 5.32 Å². The lowest BCUT2D eigenvalue weighted by molar-refractivity contribution is 0.0728. The summed E-state index contributed by atoms with van der Waals surface area (Å²) in [7, 11) is 0. The van der Waals surface area contributed by atoms with Gasteiger partial charge in [-0.1, -0.05) is 42.5 Å². The number of hydrogen-bond acceptors (Lipinski definition) is 3. The summed E-state index contributed by atoms with van der Waals surface area (Å²) in [6.45, 7) is 2.60. The van der Waals surface area contributed by atoms with Gasteiger partial charge in [-0.25, -0.2) is 0 Å². The van der Waals surface area contributed by atoms with Crippen molar-refractivity contribution in [1.29, 1.82) is 0 Å². The van der Waals surface area contributed by atoms with Crippen LogP contribution in [-0.4, -0.2) is 15.8 Å². The molecular weight excluding hydrogens is 310 g/mol. The van der Waals surface area contributed by atoms with E-state index in [1.165, 1.54) is 5.56 Å². The standard InChI is InChI=1S/C21H19N3O/c1-15-7-5-10-17(13-15)23-20-19-18(11-6-12-22-19)21(25)24(20)14-16-8-3-2-4-9-16/h2-13,20,23H,14H2,1H3. The molecule has 1 aliphatic heterocycles. The maximum absolute atomic E-state index is 12.9. The van der Waals surface area contributed by atoms with E-state index in [1.54, 1.807) is 6.20 Å². The summed E-state index contributed by atoms with van der Waals surface area (Å²) in [6.07, 6.45) is 1.47. The summed E-state index contributed by atoms with van der Waals surface area (Å²) in [5.41, 5.74) is 4.70. The molecular formula is C21H19N3O. The van der Waals surface area contributed by atoms with Crippen LogP contribution in [0.15, 0.2) is 72.9 Å². The van der Waals surface area contributed by atoms with Crippen LogP contribution in [0.5, 0.6) is 0 Å². The molecule has 0 spiro atoms. The zero-order valence-electron chi connectivity index (χ0n) is 14.0. The lowest BCUT2D eigenvalue weighted by Gasteiger charge is -2.26. The first-order chi connectivity index (χ1) is 12.2. The maximum Gasteiger partial charge on any atom is 0.258 e. The molecule has 1 atom stereocenters. The average molecular weight is 329 g/mol. The number of hydrogen-bond donors (Lipinski definition) is 1. The Labute approximate surface area is 147 Å². The lowest BCUT2D eigenvalue weighted by atomic mass is 10.2. The van der Waals surface area contributed by atoms with E-state index in [0.717, 1.165) is 16.9 Å². The number of nitrogens with one attached hydrogen (secondary N) is 1. The van der Waals surface area contributed by atoms with E-state index in [2.05, 4.69) is 29.4 Å². The second kappa shape index (κ2) is 6.40. The highest BCUT2D eigenvalue weighted by Crippen LogP contribution is 2.34. The molecule has 1 amide bonds. The van der Waals surface area contributed by atoms with Crippen LogP contribution >= 0.6 is 0 Å². The third-order valence-corrected chi connectivity index (χ3v) is 4.42. The predicted octanol–water partition coefficient (Wildman–Crippen LogP) is 4.16. The van der Waals surface area contributed by atoms with Gasteiger partial charge in [0.15, 0.2) is 0 Å². The number of aryl methyl sites for hydroxylation is 1. The predicted molar refractivity (Wildman–Crippen MR) is 98.1 cm³/mol. The Morgan fingerprint density at radius 2 is 1.88 bits per heavy atom. The Kier molecular flexibility index (Phi) is 3.94. The summed E-state index contributed by atoms with van der Waals surface area (Å²) in [5.74, 6) is 0.0112. The van der Waals surface area contributed by atoms with E-state index >= 15 is 0 Å². The Morgan fingerprint density at radius 3 is 2.68 bits per heavy atom. The summed E-state index contributed by atoms with van der Waals surface area (Å²) in [6, 6.07) is 21.8. The number of amides is 1. The first kappa shape index (κ1) is 15.4. The lowest BCUT2D eigenvalue weighted by Crippen LogP contribution is -2.32. The van der Waals surface area contributed by atoms with Crippen LogP contribution in [0.1, 0.15) is 33.3 Å². The molecule has 4 rings (SSSR count). The van der Waals surface area contributed by atoms with E-state index in [4.69, 9.17) is 0 Å². The molecule has 1 unspecified atom stereocenters. The number of rotatable bonds is 4. The molecule has 0 radical (unpaired) electrons. The van der Waals surface area contributed by atoms with Crippen molar-refractivity contribution in [2.45, 2.75) is 19.6 Å². The highest BCUT2D eigenvalue weighted by atomic mass is 16.2. The van der Waals surface area contributed by atoms with Crippen molar-refractivity contribution in [3.05, 3.63) is 95.3 Å². The quantitative estimate of drug-likeness (QED) is 0.782. The van der Waals surface area contributed by atoms with Gasteiger partial charge >= 0.3 is 0 Å². The van der Waals surface area contributed by atoms with Gasteiger partial charge in [0.1, 0.15) is 6.17 Å². The first-order valence-corrected chi connectivity index (χ1v) is 8.35. The van der Waals surface area contributed by atoms with Crippen LogP contribution in [0.25, 0.3) is 0 Å². The Morgan fingerprint density at radius 1 is 1.04 bits per heavy atom. The molecule has 2 heterocycles. The average Bonchev–Trinajstić information content (AvgIpc) is 2.89. The second-order valence-corrected chi connectivity index (χ2v) is 6.27. The number of nitrogens with zero attached hydrogens (tertiary/aromatic N) is 2. The normalized spacial score (nSPS) is 16.0. The molecule has 0 fully saturated rings. The van der Waals surface area contributed by atoms with Gasteiger partial charge in [0.25, 0.3) is 5.91 Å². The monoisotopic (exact) mass is 329 g/mol. The van der Waals surface area contributed by atoms with Crippen molar-refractivity contribution in [3.8, 4) is 0 Å². The Balaban J connectivity index is 1.70. The van der Waals surface area contributed by atoms with E-state index in [0.29, 0.717) is 12.1 Å². The van der Waals surface area contributed by atoms with E-state index in [9.17, 15) is 4.79 Å². The SMILES string of the molecule is Cc1cccc(NC2c3ncccc3C(=O)N2Cc2ccccc2)c1. The zero-order valence-corrected chi connectivity index (χ0v) is 14.0. The molecule has 4 nitrogen and oxygen atoms in total. The molecule has 0 saturated carbocycles. The number of fused-ring (bicyclic) bond motifs is 1. The van der Waals surface area contributed by atoms with Crippen molar-refractivity contribution in [2.24, 2.45) is 0 Å². The number of anilines is 1. The van der Waals surface area contributed by atoms with E-state index in [1.807, 2.05) is 59.5 Å². The second-order valence-electron chi connectivity index (χ2n) is 6.27. The van der Waals surface area contributed by atoms with Crippen molar-refractivity contribution in [3.63, 3.8) is 0 Å². The van der Waals surface area contributed by atoms with Crippen LogP contribution in [0.4, 0.5) is 5.69 Å². The molecule has 2 aromatic carbocycles. The summed E-state index contributed by atoms with van der Waals surface area (Å²) in [5, 5.41) is 3.48. The van der Waals surface area contributed by atoms with Crippen LogP contribution in [0.2, 0.25) is 0 Å². The Bertz CT molecular complexity index is 908.